The number of ether oxygens (including phenoxy) is 2. The molecule has 0 fully saturated rings. The Hall–Kier alpha value is -2.38. The van der Waals surface area contributed by atoms with Crippen molar-refractivity contribution < 1.29 is 22.7 Å². The van der Waals surface area contributed by atoms with Crippen LogP contribution in [0.15, 0.2) is 53.4 Å². The maximum Gasteiger partial charge on any atom is 0.337 e. The zero-order valence-corrected chi connectivity index (χ0v) is 16.7. The molecule has 6 nitrogen and oxygen atoms in total. The van der Waals surface area contributed by atoms with Gasteiger partial charge in [-0.25, -0.2) is 17.9 Å². The molecule has 2 aromatic rings. The summed E-state index contributed by atoms with van der Waals surface area (Å²) in [7, 11) is -0.987. The normalized spacial score (nSPS) is 12.6. The molecule has 0 aliphatic rings. The van der Waals surface area contributed by atoms with Gasteiger partial charge in [-0.1, -0.05) is 32.0 Å². The van der Waals surface area contributed by atoms with Crippen molar-refractivity contribution in [1.29, 1.82) is 0 Å². The van der Waals surface area contributed by atoms with Crippen LogP contribution in [-0.4, -0.2) is 28.6 Å². The highest BCUT2D eigenvalue weighted by Gasteiger charge is 2.23. The van der Waals surface area contributed by atoms with E-state index in [2.05, 4.69) is 9.46 Å². The van der Waals surface area contributed by atoms with Crippen LogP contribution in [0.1, 0.15) is 42.2 Å². The lowest BCUT2D eigenvalue weighted by Crippen LogP contribution is -2.29. The van der Waals surface area contributed by atoms with Crippen LogP contribution in [0.3, 0.4) is 0 Å². The van der Waals surface area contributed by atoms with E-state index in [1.54, 1.807) is 19.2 Å². The number of esters is 1. The molecule has 2 rings (SSSR count). The molecule has 2 aromatic carbocycles. The fourth-order valence-electron chi connectivity index (χ4n) is 2.72. The lowest BCUT2D eigenvalue weighted by molar-refractivity contribution is 0.0600. The van der Waals surface area contributed by atoms with E-state index in [9.17, 15) is 13.2 Å². The molecule has 0 heterocycles. The van der Waals surface area contributed by atoms with Crippen molar-refractivity contribution in [3.63, 3.8) is 0 Å². The van der Waals surface area contributed by atoms with Crippen LogP contribution < -0.4 is 9.46 Å². The molecule has 0 aliphatic carbocycles. The number of rotatable bonds is 8. The standard InChI is InChI=1S/C20H25NO5S/c1-14(2)12-19(15-8-10-17(25-3)11-9-15)21-27(23,24)18-7-5-6-16(13-18)20(22)26-4/h5-11,13-14,19,21H,12H2,1-4H3. The quantitative estimate of drug-likeness (QED) is 0.696. The molecule has 1 atom stereocenters. The van der Waals surface area contributed by atoms with Gasteiger partial charge >= 0.3 is 5.97 Å². The summed E-state index contributed by atoms with van der Waals surface area (Å²) in [6.45, 7) is 4.06. The second-order valence-electron chi connectivity index (χ2n) is 6.60. The first-order valence-corrected chi connectivity index (χ1v) is 10.1. The summed E-state index contributed by atoms with van der Waals surface area (Å²) < 4.78 is 38.4. The van der Waals surface area contributed by atoms with Crippen LogP contribution in [0, 0.1) is 5.92 Å². The number of carbonyl (C=O) groups excluding carboxylic acids is 1. The second kappa shape index (κ2) is 9.01. The van der Waals surface area contributed by atoms with Crippen LogP contribution >= 0.6 is 0 Å². The third-order valence-corrected chi connectivity index (χ3v) is 5.56. The zero-order chi connectivity index (χ0) is 20.0. The largest absolute Gasteiger partial charge is 0.497 e. The molecule has 0 aromatic heterocycles. The topological polar surface area (TPSA) is 81.7 Å². The van der Waals surface area contributed by atoms with Crippen LogP contribution in [-0.2, 0) is 14.8 Å². The SMILES string of the molecule is COC(=O)c1cccc(S(=O)(=O)NC(CC(C)C)c2ccc(OC)cc2)c1. The van der Waals surface area contributed by atoms with Crippen LogP contribution in [0.25, 0.3) is 0 Å². The summed E-state index contributed by atoms with van der Waals surface area (Å²) in [6, 6.07) is 12.7. The molecular weight excluding hydrogens is 366 g/mol. The molecule has 0 saturated heterocycles. The Labute approximate surface area is 160 Å². The lowest BCUT2D eigenvalue weighted by Gasteiger charge is -2.21. The van der Waals surface area contributed by atoms with Crippen LogP contribution in [0.2, 0.25) is 0 Å². The summed E-state index contributed by atoms with van der Waals surface area (Å²) in [5, 5.41) is 0. The molecular formula is C20H25NO5S. The number of sulfonamides is 1. The van der Waals surface area contributed by atoms with Gasteiger partial charge in [0.2, 0.25) is 10.0 Å². The highest BCUT2D eigenvalue weighted by molar-refractivity contribution is 7.89. The van der Waals surface area contributed by atoms with Gasteiger partial charge in [-0.2, -0.15) is 0 Å². The molecule has 0 bridgehead atoms. The fraction of sp³-hybridized carbons (Fsp3) is 0.350. The van der Waals surface area contributed by atoms with E-state index in [-0.39, 0.29) is 16.4 Å². The van der Waals surface area contributed by atoms with Gasteiger partial charge in [-0.15, -0.1) is 0 Å². The molecule has 146 valence electrons. The van der Waals surface area contributed by atoms with E-state index in [1.807, 2.05) is 26.0 Å². The van der Waals surface area contributed by atoms with Gasteiger partial charge < -0.3 is 9.47 Å². The Kier molecular flexibility index (Phi) is 6.98. The second-order valence-corrected chi connectivity index (χ2v) is 8.31. The van der Waals surface area contributed by atoms with Crippen molar-refractivity contribution in [1.82, 2.24) is 4.72 Å². The van der Waals surface area contributed by atoms with Crippen molar-refractivity contribution in [2.24, 2.45) is 5.92 Å². The Morgan fingerprint density at radius 3 is 2.30 bits per heavy atom. The van der Waals surface area contributed by atoms with Gasteiger partial charge in [0.05, 0.1) is 24.7 Å². The smallest absolute Gasteiger partial charge is 0.337 e. The van der Waals surface area contributed by atoms with Crippen molar-refractivity contribution >= 4 is 16.0 Å². The van der Waals surface area contributed by atoms with Gasteiger partial charge in [0, 0.05) is 6.04 Å². The Balaban J connectivity index is 2.33. The van der Waals surface area contributed by atoms with E-state index >= 15 is 0 Å². The Bertz CT molecular complexity index is 876. The van der Waals surface area contributed by atoms with E-state index in [0.29, 0.717) is 12.2 Å². The summed E-state index contributed by atoms with van der Waals surface area (Å²) in [5.74, 6) is 0.401. The van der Waals surface area contributed by atoms with Gasteiger partial charge in [0.1, 0.15) is 5.75 Å². The monoisotopic (exact) mass is 391 g/mol. The maximum atomic E-state index is 12.9. The average Bonchev–Trinajstić information content (AvgIpc) is 2.66. The minimum absolute atomic E-state index is 0.0210. The number of carbonyl (C=O) groups is 1. The number of hydrogen-bond acceptors (Lipinski definition) is 5. The third-order valence-electron chi connectivity index (χ3n) is 4.09. The predicted octanol–water partition coefficient (Wildman–Crippen LogP) is 3.55. The summed E-state index contributed by atoms with van der Waals surface area (Å²) in [5.41, 5.74) is 1.03. The molecule has 27 heavy (non-hydrogen) atoms. The van der Waals surface area contributed by atoms with Crippen LogP contribution in [0.4, 0.5) is 0 Å². The molecule has 0 saturated carbocycles. The lowest BCUT2D eigenvalue weighted by atomic mass is 9.98. The van der Waals surface area contributed by atoms with Gasteiger partial charge in [0.25, 0.3) is 0 Å². The Morgan fingerprint density at radius 1 is 1.07 bits per heavy atom. The van der Waals surface area contributed by atoms with Crippen molar-refractivity contribution in [2.45, 2.75) is 31.2 Å². The summed E-state index contributed by atoms with van der Waals surface area (Å²) in [4.78, 5) is 11.7. The van der Waals surface area contributed by atoms with Gasteiger partial charge in [0.15, 0.2) is 0 Å². The van der Waals surface area contributed by atoms with Crippen molar-refractivity contribution in [3.05, 3.63) is 59.7 Å². The zero-order valence-electron chi connectivity index (χ0n) is 15.9. The highest BCUT2D eigenvalue weighted by Crippen LogP contribution is 2.26. The van der Waals surface area contributed by atoms with E-state index in [4.69, 9.17) is 4.74 Å². The van der Waals surface area contributed by atoms with Crippen molar-refractivity contribution in [2.75, 3.05) is 14.2 Å². The summed E-state index contributed by atoms with van der Waals surface area (Å²) in [6.07, 6.45) is 0.627. The van der Waals surface area contributed by atoms with Gasteiger partial charge in [-0.05, 0) is 48.2 Å². The number of nitrogens with one attached hydrogen (secondary N) is 1. The fourth-order valence-corrected chi connectivity index (χ4v) is 4.01. The molecule has 0 aliphatic heterocycles. The average molecular weight is 391 g/mol. The molecule has 7 heteroatoms. The predicted molar refractivity (Wildman–Crippen MR) is 103 cm³/mol. The molecule has 0 amide bonds. The van der Waals surface area contributed by atoms with Gasteiger partial charge in [-0.3, -0.25) is 0 Å². The molecule has 0 radical (unpaired) electrons. The first kappa shape index (κ1) is 20.9. The van der Waals surface area contributed by atoms with E-state index in [0.717, 1.165) is 5.56 Å². The maximum absolute atomic E-state index is 12.9. The number of hydrogen-bond donors (Lipinski definition) is 1. The van der Waals surface area contributed by atoms with Crippen LogP contribution in [0.5, 0.6) is 5.75 Å². The molecule has 1 unspecified atom stereocenters. The summed E-state index contributed by atoms with van der Waals surface area (Å²) >= 11 is 0. The third kappa shape index (κ3) is 5.55. The highest BCUT2D eigenvalue weighted by atomic mass is 32.2. The van der Waals surface area contributed by atoms with E-state index < -0.39 is 22.0 Å². The number of methoxy groups -OCH3 is 2. The molecule has 1 N–H and O–H groups in total. The number of benzene rings is 2. The van der Waals surface area contributed by atoms with Crippen molar-refractivity contribution in [3.8, 4) is 5.75 Å². The first-order valence-electron chi connectivity index (χ1n) is 8.61. The minimum atomic E-state index is -3.82. The molecule has 0 spiro atoms. The Morgan fingerprint density at radius 2 is 1.74 bits per heavy atom. The van der Waals surface area contributed by atoms with E-state index in [1.165, 1.54) is 31.4 Å². The minimum Gasteiger partial charge on any atom is -0.497 e. The first-order chi connectivity index (χ1) is 12.8.